The lowest BCUT2D eigenvalue weighted by molar-refractivity contribution is -0.119. The molecule has 2 N–H and O–H groups in total. The molecule has 3 rings (SSSR count). The quantitative estimate of drug-likeness (QED) is 0.818. The van der Waals surface area contributed by atoms with Crippen LogP contribution in [0, 0.1) is 0 Å². The van der Waals surface area contributed by atoms with Crippen LogP contribution in [-0.4, -0.2) is 29.4 Å². The molecule has 1 atom stereocenters. The zero-order valence-corrected chi connectivity index (χ0v) is 14.8. The number of nitrogens with one attached hydrogen (secondary N) is 2. The standard InChI is InChI=1S/C18H17Cl2N3O2/c19-12-3-7-14(8-4-12)21-17(24)16-2-1-11-23(16)18(25)22-15-9-5-13(20)6-10-15/h3-10,16H,1-2,11H2,(H,21,24)(H,22,25). The highest BCUT2D eigenvalue weighted by atomic mass is 35.5. The van der Waals surface area contributed by atoms with Crippen LogP contribution in [0.2, 0.25) is 10.0 Å². The third kappa shape index (κ3) is 4.44. The summed E-state index contributed by atoms with van der Waals surface area (Å²) >= 11 is 11.7. The Balaban J connectivity index is 1.64. The predicted octanol–water partition coefficient (Wildman–Crippen LogP) is 4.63. The molecule has 7 heteroatoms. The molecule has 5 nitrogen and oxygen atoms in total. The second-order valence-corrected chi connectivity index (χ2v) is 6.66. The molecular formula is C18H17Cl2N3O2. The van der Waals surface area contributed by atoms with E-state index in [1.54, 1.807) is 53.4 Å². The van der Waals surface area contributed by atoms with Crippen molar-refractivity contribution >= 4 is 46.5 Å². The summed E-state index contributed by atoms with van der Waals surface area (Å²) in [6.45, 7) is 0.540. The van der Waals surface area contributed by atoms with Crippen molar-refractivity contribution in [3.05, 3.63) is 58.6 Å². The van der Waals surface area contributed by atoms with E-state index in [4.69, 9.17) is 23.2 Å². The van der Waals surface area contributed by atoms with Gasteiger partial charge in [0.25, 0.3) is 0 Å². The molecule has 1 unspecified atom stereocenters. The number of anilines is 2. The molecule has 0 saturated carbocycles. The van der Waals surface area contributed by atoms with Crippen LogP contribution in [0.5, 0.6) is 0 Å². The lowest BCUT2D eigenvalue weighted by atomic mass is 10.2. The number of rotatable bonds is 3. The summed E-state index contributed by atoms with van der Waals surface area (Å²) < 4.78 is 0. The molecule has 0 aromatic heterocycles. The zero-order chi connectivity index (χ0) is 17.8. The summed E-state index contributed by atoms with van der Waals surface area (Å²) in [4.78, 5) is 26.6. The fourth-order valence-corrected chi connectivity index (χ4v) is 3.02. The largest absolute Gasteiger partial charge is 0.324 e. The molecule has 0 radical (unpaired) electrons. The van der Waals surface area contributed by atoms with E-state index in [0.29, 0.717) is 34.4 Å². The van der Waals surface area contributed by atoms with Gasteiger partial charge in [0.05, 0.1) is 0 Å². The molecule has 0 aliphatic carbocycles. The summed E-state index contributed by atoms with van der Waals surface area (Å²) in [6, 6.07) is 12.9. The van der Waals surface area contributed by atoms with Crippen LogP contribution in [0.15, 0.2) is 48.5 Å². The first-order chi connectivity index (χ1) is 12.0. The smallest absolute Gasteiger partial charge is 0.322 e. The van der Waals surface area contributed by atoms with E-state index in [1.807, 2.05) is 0 Å². The summed E-state index contributed by atoms with van der Waals surface area (Å²) in [5, 5.41) is 6.83. The van der Waals surface area contributed by atoms with Crippen LogP contribution in [0.1, 0.15) is 12.8 Å². The van der Waals surface area contributed by atoms with E-state index in [1.165, 1.54) is 0 Å². The lowest BCUT2D eigenvalue weighted by Gasteiger charge is -2.24. The molecule has 1 saturated heterocycles. The maximum absolute atomic E-state index is 12.5. The molecule has 1 heterocycles. The molecule has 1 aliphatic heterocycles. The van der Waals surface area contributed by atoms with Crippen LogP contribution in [0.4, 0.5) is 16.2 Å². The van der Waals surface area contributed by atoms with Crippen molar-refractivity contribution in [1.29, 1.82) is 0 Å². The summed E-state index contributed by atoms with van der Waals surface area (Å²) in [5.74, 6) is -0.203. The molecule has 0 bridgehead atoms. The maximum Gasteiger partial charge on any atom is 0.322 e. The minimum absolute atomic E-state index is 0.203. The first-order valence-corrected chi connectivity index (χ1v) is 8.68. The highest BCUT2D eigenvalue weighted by Gasteiger charge is 2.34. The van der Waals surface area contributed by atoms with Gasteiger partial charge in [0, 0.05) is 28.0 Å². The Morgan fingerprint density at radius 3 is 1.96 bits per heavy atom. The molecule has 3 amide bonds. The van der Waals surface area contributed by atoms with Crippen LogP contribution >= 0.6 is 23.2 Å². The number of hydrogen-bond donors (Lipinski definition) is 2. The van der Waals surface area contributed by atoms with E-state index in [0.717, 1.165) is 6.42 Å². The molecule has 2 aromatic carbocycles. The van der Waals surface area contributed by atoms with E-state index >= 15 is 0 Å². The molecule has 1 aliphatic rings. The van der Waals surface area contributed by atoms with Gasteiger partial charge in [0.2, 0.25) is 5.91 Å². The second kappa shape index (κ2) is 7.76. The third-order valence-electron chi connectivity index (χ3n) is 4.02. The number of hydrogen-bond acceptors (Lipinski definition) is 2. The predicted molar refractivity (Wildman–Crippen MR) is 100 cm³/mol. The number of amides is 3. The second-order valence-electron chi connectivity index (χ2n) is 5.78. The van der Waals surface area contributed by atoms with Crippen molar-refractivity contribution in [3.63, 3.8) is 0 Å². The molecule has 0 spiro atoms. The average molecular weight is 378 g/mol. The Morgan fingerprint density at radius 1 is 0.880 bits per heavy atom. The maximum atomic E-state index is 12.5. The number of urea groups is 1. The topological polar surface area (TPSA) is 61.4 Å². The van der Waals surface area contributed by atoms with Crippen LogP contribution in [0.3, 0.4) is 0 Å². The van der Waals surface area contributed by atoms with Crippen molar-refractivity contribution in [2.24, 2.45) is 0 Å². The van der Waals surface area contributed by atoms with Gasteiger partial charge in [0.1, 0.15) is 6.04 Å². The van der Waals surface area contributed by atoms with Gasteiger partial charge >= 0.3 is 6.03 Å². The first-order valence-electron chi connectivity index (χ1n) is 7.92. The summed E-state index contributed by atoms with van der Waals surface area (Å²) in [6.07, 6.45) is 1.42. The van der Waals surface area contributed by atoms with Gasteiger partial charge in [-0.2, -0.15) is 0 Å². The molecule has 2 aromatic rings. The average Bonchev–Trinajstić information content (AvgIpc) is 3.09. The molecule has 1 fully saturated rings. The summed E-state index contributed by atoms with van der Waals surface area (Å²) in [5.41, 5.74) is 1.29. The van der Waals surface area contributed by atoms with Crippen LogP contribution in [-0.2, 0) is 4.79 Å². The number of carbonyl (C=O) groups excluding carboxylic acids is 2. The zero-order valence-electron chi connectivity index (χ0n) is 13.3. The van der Waals surface area contributed by atoms with Crippen molar-refractivity contribution < 1.29 is 9.59 Å². The first kappa shape index (κ1) is 17.6. The van der Waals surface area contributed by atoms with Crippen molar-refractivity contribution in [2.75, 3.05) is 17.2 Å². The van der Waals surface area contributed by atoms with E-state index in [-0.39, 0.29) is 11.9 Å². The van der Waals surface area contributed by atoms with Crippen LogP contribution in [0.25, 0.3) is 0 Å². The van der Waals surface area contributed by atoms with Gasteiger partial charge in [-0.05, 0) is 61.4 Å². The van der Waals surface area contributed by atoms with E-state index in [2.05, 4.69) is 10.6 Å². The van der Waals surface area contributed by atoms with Gasteiger partial charge in [-0.1, -0.05) is 23.2 Å². The van der Waals surface area contributed by atoms with Crippen LogP contribution < -0.4 is 10.6 Å². The Bertz CT molecular complexity index is 697. The fraction of sp³-hybridized carbons (Fsp3) is 0.222. The SMILES string of the molecule is O=C(Nc1ccc(Cl)cc1)C1CCCN1C(=O)Nc1ccc(Cl)cc1. The minimum Gasteiger partial charge on any atom is -0.324 e. The normalized spacial score (nSPS) is 16.6. The van der Waals surface area contributed by atoms with E-state index < -0.39 is 6.04 Å². The lowest BCUT2D eigenvalue weighted by Crippen LogP contribution is -2.45. The molecular weight excluding hydrogens is 361 g/mol. The summed E-state index contributed by atoms with van der Waals surface area (Å²) in [7, 11) is 0. The van der Waals surface area contributed by atoms with Gasteiger partial charge in [0.15, 0.2) is 0 Å². The van der Waals surface area contributed by atoms with E-state index in [9.17, 15) is 9.59 Å². The number of halogens is 2. The number of benzene rings is 2. The van der Waals surface area contributed by atoms with Crippen molar-refractivity contribution in [3.8, 4) is 0 Å². The third-order valence-corrected chi connectivity index (χ3v) is 4.53. The Kier molecular flexibility index (Phi) is 5.46. The Morgan fingerprint density at radius 2 is 1.40 bits per heavy atom. The van der Waals surface area contributed by atoms with Crippen molar-refractivity contribution in [1.82, 2.24) is 4.90 Å². The minimum atomic E-state index is -0.497. The highest BCUT2D eigenvalue weighted by molar-refractivity contribution is 6.31. The Labute approximate surface area is 155 Å². The molecule has 130 valence electrons. The molecule has 25 heavy (non-hydrogen) atoms. The van der Waals surface area contributed by atoms with Gasteiger partial charge < -0.3 is 15.5 Å². The monoisotopic (exact) mass is 377 g/mol. The Hall–Kier alpha value is -2.24. The van der Waals surface area contributed by atoms with Gasteiger partial charge in [-0.25, -0.2) is 4.79 Å². The van der Waals surface area contributed by atoms with Crippen molar-refractivity contribution in [2.45, 2.75) is 18.9 Å². The highest BCUT2D eigenvalue weighted by Crippen LogP contribution is 2.22. The number of carbonyl (C=O) groups is 2. The number of likely N-dealkylation sites (tertiary alicyclic amines) is 1. The van der Waals surface area contributed by atoms with Gasteiger partial charge in [-0.15, -0.1) is 0 Å². The van der Waals surface area contributed by atoms with Gasteiger partial charge in [-0.3, -0.25) is 4.79 Å². The number of nitrogens with zero attached hydrogens (tertiary/aromatic N) is 1. The fourth-order valence-electron chi connectivity index (χ4n) is 2.77.